The second-order valence-corrected chi connectivity index (χ2v) is 29.7. The van der Waals surface area contributed by atoms with E-state index in [0.29, 0.717) is 23.7 Å². The molecule has 10 aromatic rings. The number of allylic oxidation sites excluding steroid dienone is 4. The molecule has 4 heterocycles. The van der Waals surface area contributed by atoms with Crippen LogP contribution >= 0.6 is 94.1 Å². The summed E-state index contributed by atoms with van der Waals surface area (Å²) in [6.07, 6.45) is 15.1. The highest BCUT2D eigenvalue weighted by atomic mass is 32.2. The van der Waals surface area contributed by atoms with Gasteiger partial charge in [0.1, 0.15) is 0 Å². The van der Waals surface area contributed by atoms with Gasteiger partial charge in [-0.05, 0) is 185 Å². The molecule has 4 unspecified atom stereocenters. The number of thioether (sulfide) groups is 8. The lowest BCUT2D eigenvalue weighted by Crippen LogP contribution is -2.16. The maximum Gasteiger partial charge on any atom is 0.0706 e. The predicted molar refractivity (Wildman–Crippen MR) is 319 cm³/mol. The topological polar surface area (TPSA) is 0 Å². The van der Waals surface area contributed by atoms with Crippen molar-refractivity contribution in [2.75, 3.05) is 0 Å². The number of hydrogen-bond donors (Lipinski definition) is 0. The van der Waals surface area contributed by atoms with Crippen LogP contribution in [0.15, 0.2) is 226 Å². The van der Waals surface area contributed by atoms with Gasteiger partial charge < -0.3 is 0 Å². The fourth-order valence-electron chi connectivity index (χ4n) is 12.4. The van der Waals surface area contributed by atoms with Crippen LogP contribution in [0.5, 0.6) is 0 Å². The van der Waals surface area contributed by atoms with Gasteiger partial charge in [-0.2, -0.15) is 0 Å². The maximum atomic E-state index is 2.50. The van der Waals surface area contributed by atoms with Crippen molar-refractivity contribution >= 4 is 159 Å². The van der Waals surface area contributed by atoms with E-state index in [4.69, 9.17) is 0 Å². The molecule has 4 aliphatic heterocycles. The molecule has 20 rings (SSSR count). The van der Waals surface area contributed by atoms with Gasteiger partial charge in [-0.25, -0.2) is 0 Å². The third-order valence-corrected chi connectivity index (χ3v) is 27.2. The van der Waals surface area contributed by atoms with Crippen molar-refractivity contribution in [2.45, 2.75) is 88.5 Å². The zero-order valence-corrected chi connectivity index (χ0v) is 45.1. The van der Waals surface area contributed by atoms with Gasteiger partial charge in [-0.3, -0.25) is 0 Å². The lowest BCUT2D eigenvalue weighted by Gasteiger charge is -2.33. The monoisotopic (exact) mass is 1060 g/mol. The molecule has 6 aliphatic carbocycles. The van der Waals surface area contributed by atoms with Gasteiger partial charge in [0.2, 0.25) is 0 Å². The minimum atomic E-state index is 0.629. The van der Waals surface area contributed by atoms with E-state index in [1.807, 2.05) is 94.1 Å². The van der Waals surface area contributed by atoms with Crippen LogP contribution in [0, 0.1) is 0 Å². The second kappa shape index (κ2) is 16.5. The highest BCUT2D eigenvalue weighted by Crippen LogP contribution is 2.64. The van der Waals surface area contributed by atoms with E-state index in [1.54, 1.807) is 22.3 Å². The van der Waals surface area contributed by atoms with Crippen LogP contribution in [0.1, 0.15) is 71.6 Å². The minimum absolute atomic E-state index is 0.629. The van der Waals surface area contributed by atoms with E-state index < -0.39 is 0 Å². The molecular weight excluding hydrogens is 1030 g/mol. The van der Waals surface area contributed by atoms with Gasteiger partial charge in [0, 0.05) is 62.8 Å². The van der Waals surface area contributed by atoms with Gasteiger partial charge in [0.15, 0.2) is 0 Å². The van der Waals surface area contributed by atoms with Crippen molar-refractivity contribution < 1.29 is 0 Å². The van der Waals surface area contributed by atoms with Gasteiger partial charge in [-0.1, -0.05) is 191 Å². The SMILES string of the molecule is C1=CC2CCC1c1cc3cc4c(cc3cc12)SC(=C1Sc2cc3cc5c(cc3cc2S1)C1C=CC5CC1)S4.c1ccc2cc3cc4c(cc3cc2c1)SC(=C1Sc2cc3cc5ccccc5cc3cc2S1)S4. The molecule has 0 fully saturated rings. The van der Waals surface area contributed by atoms with Crippen LogP contribution in [0.25, 0.3) is 64.6 Å². The molecule has 10 aliphatic rings. The van der Waals surface area contributed by atoms with E-state index in [1.165, 1.54) is 146 Å². The third-order valence-electron chi connectivity index (χ3n) is 16.0. The molecule has 0 aromatic heterocycles. The summed E-state index contributed by atoms with van der Waals surface area (Å²) in [5.74, 6) is 2.52. The van der Waals surface area contributed by atoms with Gasteiger partial charge in [0.05, 0.1) is 16.9 Å². The number of rotatable bonds is 0. The van der Waals surface area contributed by atoms with Gasteiger partial charge in [-0.15, -0.1) is 0 Å². The van der Waals surface area contributed by atoms with Crippen molar-refractivity contribution in [3.63, 3.8) is 0 Å². The Balaban J connectivity index is 0.000000120. The standard InChI is InChI=1S/C34H24S4.C30H16S4/c1-2-18-4-3-17(1)25-9-21-13-29-30(14-22(21)10-26(18)25)36-33(35-29)34-37-31-15-23-11-27-19-5-6-20(8-7-19)28(27)12-24(23)16-32(31)38-34;1-2-6-18-10-22-14-26-25(13-21(22)9-17(18)5-1)31-29(32-26)30-33-27-15-23-11-19-7-3-4-8-20(19)12-24(23)16-28(27)34-30/h1-2,5-6,9-20H,3-4,7-8H2;1-16H. The van der Waals surface area contributed by atoms with E-state index in [0.717, 1.165) is 0 Å². The molecule has 344 valence electrons. The molecule has 0 N–H and O–H groups in total. The average Bonchev–Trinajstić information content (AvgIpc) is 4.24. The zero-order valence-electron chi connectivity index (χ0n) is 38.6. The van der Waals surface area contributed by atoms with Crippen LogP contribution in [-0.2, 0) is 0 Å². The summed E-state index contributed by atoms with van der Waals surface area (Å²) in [4.78, 5) is 11.2. The molecule has 0 saturated heterocycles. The fourth-order valence-corrected chi connectivity index (χ4v) is 23.3. The lowest BCUT2D eigenvalue weighted by molar-refractivity contribution is 0.554. The molecule has 0 saturated carbocycles. The molecule has 10 aromatic carbocycles. The van der Waals surface area contributed by atoms with Crippen LogP contribution in [-0.4, -0.2) is 0 Å². The Morgan fingerprint density at radius 2 is 0.417 bits per heavy atom. The maximum absolute atomic E-state index is 2.50. The van der Waals surface area contributed by atoms with Crippen LogP contribution in [0.3, 0.4) is 0 Å². The molecule has 0 radical (unpaired) electrons. The first-order valence-electron chi connectivity index (χ1n) is 24.9. The van der Waals surface area contributed by atoms with Crippen LogP contribution in [0.2, 0.25) is 0 Å². The lowest BCUT2D eigenvalue weighted by atomic mass is 9.71. The van der Waals surface area contributed by atoms with Crippen LogP contribution in [0.4, 0.5) is 0 Å². The summed E-state index contributed by atoms with van der Waals surface area (Å²) in [5.41, 5.74) is 6.33. The summed E-state index contributed by atoms with van der Waals surface area (Å²) in [6.45, 7) is 0. The Morgan fingerprint density at radius 1 is 0.222 bits per heavy atom. The Kier molecular flexibility index (Phi) is 9.82. The zero-order chi connectivity index (χ0) is 46.8. The second-order valence-electron chi connectivity index (χ2n) is 20.3. The van der Waals surface area contributed by atoms with Crippen molar-refractivity contribution in [1.29, 1.82) is 0 Å². The molecule has 0 spiro atoms. The predicted octanol–water partition coefficient (Wildman–Crippen LogP) is 21.8. The number of benzene rings is 10. The Hall–Kier alpha value is -4.48. The average molecular weight is 1070 g/mol. The quantitative estimate of drug-likeness (QED) is 0.107. The molecule has 0 amide bonds. The molecule has 0 nitrogen and oxygen atoms in total. The van der Waals surface area contributed by atoms with Gasteiger partial charge in [0.25, 0.3) is 0 Å². The largest absolute Gasteiger partial charge is 0.0804 e. The van der Waals surface area contributed by atoms with Crippen molar-refractivity contribution in [1.82, 2.24) is 0 Å². The molecule has 4 atom stereocenters. The first-order valence-corrected chi connectivity index (χ1v) is 31.5. The first-order chi connectivity index (χ1) is 35.5. The third kappa shape index (κ3) is 6.99. The summed E-state index contributed by atoms with van der Waals surface area (Å²) in [5, 5.41) is 16.2. The highest BCUT2D eigenvalue weighted by Gasteiger charge is 2.33. The van der Waals surface area contributed by atoms with E-state index >= 15 is 0 Å². The number of fused-ring (bicyclic) bond motifs is 12. The normalized spacial score (nSPS) is 21.6. The van der Waals surface area contributed by atoms with E-state index in [9.17, 15) is 0 Å². The van der Waals surface area contributed by atoms with Crippen molar-refractivity contribution in [3.05, 3.63) is 209 Å². The Bertz CT molecular complexity index is 3740. The van der Waals surface area contributed by atoms with E-state index in [2.05, 4.69) is 170 Å². The molecule has 4 bridgehead atoms. The summed E-state index contributed by atoms with van der Waals surface area (Å²) >= 11 is 15.7. The first kappa shape index (κ1) is 42.8. The van der Waals surface area contributed by atoms with E-state index in [-0.39, 0.29) is 0 Å². The van der Waals surface area contributed by atoms with Gasteiger partial charge >= 0.3 is 0 Å². The smallest absolute Gasteiger partial charge is 0.0706 e. The minimum Gasteiger partial charge on any atom is -0.0804 e. The van der Waals surface area contributed by atoms with Crippen molar-refractivity contribution in [3.8, 4) is 0 Å². The Labute approximate surface area is 452 Å². The molecular formula is C64H40S8. The fraction of sp³-hybridized carbons (Fsp3) is 0.125. The summed E-state index contributed by atoms with van der Waals surface area (Å²) < 4.78 is 5.74. The van der Waals surface area contributed by atoms with Crippen LogP contribution < -0.4 is 0 Å². The number of hydrogen-bond acceptors (Lipinski definition) is 8. The molecule has 8 heteroatoms. The summed E-state index contributed by atoms with van der Waals surface area (Å²) in [7, 11) is 0. The highest BCUT2D eigenvalue weighted by molar-refractivity contribution is 8.31. The Morgan fingerprint density at radius 3 is 0.611 bits per heavy atom. The molecule has 72 heavy (non-hydrogen) atoms. The van der Waals surface area contributed by atoms with Crippen molar-refractivity contribution in [2.24, 2.45) is 0 Å². The summed E-state index contributed by atoms with van der Waals surface area (Å²) in [6, 6.07) is 55.9.